The normalized spacial score (nSPS) is 16.0. The largest absolute Gasteiger partial charge is 0.481 e. The average molecular weight is 455 g/mol. The van der Waals surface area contributed by atoms with Gasteiger partial charge in [-0.15, -0.1) is 0 Å². The van der Waals surface area contributed by atoms with Gasteiger partial charge in [0, 0.05) is 31.3 Å². The van der Waals surface area contributed by atoms with Crippen molar-refractivity contribution in [1.82, 2.24) is 10.2 Å². The summed E-state index contributed by atoms with van der Waals surface area (Å²) in [5.74, 6) is -0.0910. The summed E-state index contributed by atoms with van der Waals surface area (Å²) >= 11 is 1.41. The standard InChI is InChI=1S/C24H26N2O5S/c1-24(22(28)29)14-26(15-24)21(27)13-32-11-10-25-23(30)31-12-20-18-8-4-2-6-16(18)17-7-3-5-9-19(17)20/h2-9,20H,10-15H2,1H3,(H,25,30)(H,28,29). The second kappa shape index (κ2) is 9.24. The number of aliphatic carboxylic acids is 1. The van der Waals surface area contributed by atoms with Gasteiger partial charge in [0.05, 0.1) is 11.2 Å². The van der Waals surface area contributed by atoms with Crippen LogP contribution in [-0.4, -0.2) is 65.7 Å². The van der Waals surface area contributed by atoms with Gasteiger partial charge in [0.15, 0.2) is 0 Å². The number of hydrogen-bond donors (Lipinski definition) is 2. The number of ether oxygens (including phenoxy) is 1. The summed E-state index contributed by atoms with van der Waals surface area (Å²) in [6.07, 6.45) is -0.473. The molecule has 0 radical (unpaired) electrons. The van der Waals surface area contributed by atoms with E-state index in [9.17, 15) is 14.4 Å². The monoisotopic (exact) mass is 454 g/mol. The van der Waals surface area contributed by atoms with Gasteiger partial charge in [0.1, 0.15) is 6.61 Å². The van der Waals surface area contributed by atoms with Gasteiger partial charge in [-0.05, 0) is 29.2 Å². The minimum absolute atomic E-state index is 0.0214. The number of carboxylic acid groups (broad SMARTS) is 1. The van der Waals surface area contributed by atoms with Crippen molar-refractivity contribution in [2.45, 2.75) is 12.8 Å². The number of likely N-dealkylation sites (tertiary alicyclic amines) is 1. The van der Waals surface area contributed by atoms with Crippen LogP contribution in [-0.2, 0) is 14.3 Å². The molecule has 0 atom stereocenters. The molecule has 1 aliphatic carbocycles. The molecule has 1 heterocycles. The Kier molecular flexibility index (Phi) is 6.41. The minimum atomic E-state index is -0.874. The number of benzene rings is 2. The molecule has 0 saturated carbocycles. The molecule has 0 bridgehead atoms. The zero-order valence-electron chi connectivity index (χ0n) is 17.9. The number of alkyl carbamates (subject to hydrolysis) is 1. The molecule has 2 aromatic rings. The Hall–Kier alpha value is -3.00. The number of thioether (sulfide) groups is 1. The highest BCUT2D eigenvalue weighted by Gasteiger charge is 2.47. The first-order valence-corrected chi connectivity index (χ1v) is 11.7. The van der Waals surface area contributed by atoms with Gasteiger partial charge in [0.2, 0.25) is 5.91 Å². The van der Waals surface area contributed by atoms with Crippen LogP contribution in [0.2, 0.25) is 0 Å². The van der Waals surface area contributed by atoms with Crippen molar-refractivity contribution in [3.63, 3.8) is 0 Å². The molecule has 0 aromatic heterocycles. The number of hydrogen-bond acceptors (Lipinski definition) is 5. The predicted octanol–water partition coefficient (Wildman–Crippen LogP) is 3.19. The van der Waals surface area contributed by atoms with E-state index in [1.807, 2.05) is 24.3 Å². The van der Waals surface area contributed by atoms with Crippen molar-refractivity contribution in [3.05, 3.63) is 59.7 Å². The Labute approximate surface area is 191 Å². The van der Waals surface area contributed by atoms with Crippen molar-refractivity contribution < 1.29 is 24.2 Å². The zero-order valence-corrected chi connectivity index (χ0v) is 18.7. The lowest BCUT2D eigenvalue weighted by molar-refractivity contribution is -0.162. The summed E-state index contributed by atoms with van der Waals surface area (Å²) in [5.41, 5.74) is 3.88. The number of nitrogens with zero attached hydrogens (tertiary/aromatic N) is 1. The van der Waals surface area contributed by atoms with Gasteiger partial charge < -0.3 is 20.1 Å². The quantitative estimate of drug-likeness (QED) is 0.595. The molecule has 1 saturated heterocycles. The van der Waals surface area contributed by atoms with Crippen molar-refractivity contribution in [3.8, 4) is 11.1 Å². The van der Waals surface area contributed by atoms with Crippen LogP contribution in [0, 0.1) is 5.41 Å². The lowest BCUT2D eigenvalue weighted by Crippen LogP contribution is -2.61. The van der Waals surface area contributed by atoms with Gasteiger partial charge in [-0.1, -0.05) is 48.5 Å². The molecule has 168 valence electrons. The molecule has 8 heteroatoms. The van der Waals surface area contributed by atoms with Crippen molar-refractivity contribution in [2.24, 2.45) is 5.41 Å². The van der Waals surface area contributed by atoms with E-state index in [-0.39, 0.29) is 37.3 Å². The van der Waals surface area contributed by atoms with Crippen LogP contribution in [0.5, 0.6) is 0 Å². The van der Waals surface area contributed by atoms with Gasteiger partial charge in [-0.25, -0.2) is 4.79 Å². The number of carbonyl (C=O) groups excluding carboxylic acids is 2. The second-order valence-corrected chi connectivity index (χ2v) is 9.53. The summed E-state index contributed by atoms with van der Waals surface area (Å²) in [6.45, 7) is 2.80. The fraction of sp³-hybridized carbons (Fsp3) is 0.375. The highest BCUT2D eigenvalue weighted by molar-refractivity contribution is 7.99. The SMILES string of the molecule is CC1(C(=O)O)CN(C(=O)CSCCNC(=O)OCC2c3ccccc3-c3ccccc32)C1. The number of amides is 2. The first-order valence-electron chi connectivity index (χ1n) is 10.6. The molecule has 2 aliphatic rings. The highest BCUT2D eigenvalue weighted by atomic mass is 32.2. The van der Waals surface area contributed by atoms with Gasteiger partial charge in [0.25, 0.3) is 0 Å². The molecule has 2 N–H and O–H groups in total. The molecular formula is C24H26N2O5S. The van der Waals surface area contributed by atoms with Crippen molar-refractivity contribution in [2.75, 3.05) is 37.7 Å². The van der Waals surface area contributed by atoms with E-state index in [1.165, 1.54) is 34.0 Å². The third kappa shape index (κ3) is 4.46. The van der Waals surface area contributed by atoms with Crippen LogP contribution in [0.15, 0.2) is 48.5 Å². The molecule has 7 nitrogen and oxygen atoms in total. The van der Waals surface area contributed by atoms with E-state index in [4.69, 9.17) is 9.84 Å². The Morgan fingerprint density at radius 2 is 1.69 bits per heavy atom. The van der Waals surface area contributed by atoms with E-state index in [0.29, 0.717) is 12.3 Å². The number of rotatable bonds is 8. The molecule has 2 aromatic carbocycles. The highest BCUT2D eigenvalue weighted by Crippen LogP contribution is 2.44. The topological polar surface area (TPSA) is 95.9 Å². The summed E-state index contributed by atoms with van der Waals surface area (Å²) in [7, 11) is 0. The predicted molar refractivity (Wildman–Crippen MR) is 123 cm³/mol. The van der Waals surface area contributed by atoms with E-state index in [2.05, 4.69) is 29.6 Å². The molecule has 4 rings (SSSR count). The molecule has 0 spiro atoms. The minimum Gasteiger partial charge on any atom is -0.481 e. The number of carboxylic acids is 1. The maximum atomic E-state index is 12.1. The molecule has 1 fully saturated rings. The number of nitrogens with one attached hydrogen (secondary N) is 1. The lowest BCUT2D eigenvalue weighted by atomic mass is 9.82. The lowest BCUT2D eigenvalue weighted by Gasteiger charge is -2.44. The van der Waals surface area contributed by atoms with Crippen LogP contribution in [0.3, 0.4) is 0 Å². The maximum absolute atomic E-state index is 12.1. The first kappa shape index (κ1) is 22.2. The van der Waals surface area contributed by atoms with Crippen LogP contribution >= 0.6 is 11.8 Å². The third-order valence-electron chi connectivity index (χ3n) is 6.03. The van der Waals surface area contributed by atoms with Crippen molar-refractivity contribution >= 4 is 29.7 Å². The van der Waals surface area contributed by atoms with E-state index in [1.54, 1.807) is 11.8 Å². The van der Waals surface area contributed by atoms with Gasteiger partial charge in [-0.2, -0.15) is 11.8 Å². The van der Waals surface area contributed by atoms with Crippen LogP contribution in [0.25, 0.3) is 11.1 Å². The summed E-state index contributed by atoms with van der Waals surface area (Å²) in [6, 6.07) is 16.4. The second-order valence-electron chi connectivity index (χ2n) is 8.42. The van der Waals surface area contributed by atoms with Crippen molar-refractivity contribution in [1.29, 1.82) is 0 Å². The fourth-order valence-corrected chi connectivity index (χ4v) is 4.98. The fourth-order valence-electron chi connectivity index (χ4n) is 4.23. The Morgan fingerprint density at radius 1 is 1.09 bits per heavy atom. The Balaban J connectivity index is 1.16. The molecule has 1 aliphatic heterocycles. The van der Waals surface area contributed by atoms with E-state index in [0.717, 1.165) is 0 Å². The smallest absolute Gasteiger partial charge is 0.407 e. The average Bonchev–Trinajstić information content (AvgIpc) is 3.08. The van der Waals surface area contributed by atoms with Crippen LogP contribution in [0.4, 0.5) is 4.79 Å². The first-order chi connectivity index (χ1) is 15.4. The van der Waals surface area contributed by atoms with Crippen LogP contribution in [0.1, 0.15) is 24.0 Å². The molecule has 0 unspecified atom stereocenters. The number of fused-ring (bicyclic) bond motifs is 3. The number of carbonyl (C=O) groups is 3. The molecule has 2 amide bonds. The Morgan fingerprint density at radius 3 is 2.28 bits per heavy atom. The Bertz CT molecular complexity index is 989. The molecule has 32 heavy (non-hydrogen) atoms. The summed E-state index contributed by atoms with van der Waals surface area (Å²) in [4.78, 5) is 36.9. The van der Waals surface area contributed by atoms with E-state index < -0.39 is 17.5 Å². The zero-order chi connectivity index (χ0) is 22.7. The maximum Gasteiger partial charge on any atom is 0.407 e. The summed E-state index contributed by atoms with van der Waals surface area (Å²) < 4.78 is 5.49. The summed E-state index contributed by atoms with van der Waals surface area (Å²) in [5, 5.41) is 11.8. The van der Waals surface area contributed by atoms with Crippen LogP contribution < -0.4 is 5.32 Å². The van der Waals surface area contributed by atoms with Gasteiger partial charge >= 0.3 is 12.1 Å². The van der Waals surface area contributed by atoms with E-state index >= 15 is 0 Å². The molecular weight excluding hydrogens is 428 g/mol. The van der Waals surface area contributed by atoms with Gasteiger partial charge in [-0.3, -0.25) is 9.59 Å². The third-order valence-corrected chi connectivity index (χ3v) is 6.98.